The lowest BCUT2D eigenvalue weighted by molar-refractivity contribution is 1.18. The number of hydrogen-bond donors (Lipinski definition) is 1. The number of benzene rings is 7. The Labute approximate surface area is 245 Å². The molecule has 0 spiro atoms. The van der Waals surface area contributed by atoms with Gasteiger partial charge in [-0.15, -0.1) is 0 Å². The van der Waals surface area contributed by atoms with Gasteiger partial charge in [-0.3, -0.25) is 0 Å². The van der Waals surface area contributed by atoms with Crippen LogP contribution in [0.25, 0.3) is 60.5 Å². The van der Waals surface area contributed by atoms with Crippen LogP contribution in [0.2, 0.25) is 0 Å². The molecule has 2 nitrogen and oxygen atoms in total. The number of aromatic nitrogens is 1. The summed E-state index contributed by atoms with van der Waals surface area (Å²) >= 11 is 0. The Balaban J connectivity index is 1.15. The molecule has 0 saturated carbocycles. The molecule has 1 aromatic heterocycles. The molecule has 0 amide bonds. The summed E-state index contributed by atoms with van der Waals surface area (Å²) in [5, 5.41) is 8.71. The molecule has 1 N–H and O–H groups in total. The molecule has 0 fully saturated rings. The summed E-state index contributed by atoms with van der Waals surface area (Å²) in [5.74, 6) is 0. The van der Waals surface area contributed by atoms with Crippen molar-refractivity contribution in [1.29, 1.82) is 0 Å². The second-order valence-electron chi connectivity index (χ2n) is 10.7. The molecule has 2 heteroatoms. The van der Waals surface area contributed by atoms with E-state index in [1.54, 1.807) is 0 Å². The van der Waals surface area contributed by atoms with Gasteiger partial charge >= 0.3 is 0 Å². The van der Waals surface area contributed by atoms with Crippen LogP contribution in [0.4, 0.5) is 11.4 Å². The SMILES string of the molecule is c1ccc(-c2cccc3cccc(-c4ccc(Nc5cccc(-n6c7ccccc7c7ccccc76)c5)cc4)c23)cc1. The highest BCUT2D eigenvalue weighted by Crippen LogP contribution is 2.37. The normalized spacial score (nSPS) is 11.3. The quantitative estimate of drug-likeness (QED) is 0.231. The fourth-order valence-corrected chi connectivity index (χ4v) is 6.26. The van der Waals surface area contributed by atoms with Crippen molar-refractivity contribution in [2.75, 3.05) is 5.32 Å². The van der Waals surface area contributed by atoms with Gasteiger partial charge in [-0.2, -0.15) is 0 Å². The van der Waals surface area contributed by atoms with Gasteiger partial charge in [-0.05, 0) is 75.5 Å². The van der Waals surface area contributed by atoms with Gasteiger partial charge in [0.25, 0.3) is 0 Å². The molecule has 0 aliphatic rings. The van der Waals surface area contributed by atoms with Crippen molar-refractivity contribution >= 4 is 44.0 Å². The predicted molar refractivity (Wildman–Crippen MR) is 179 cm³/mol. The highest BCUT2D eigenvalue weighted by atomic mass is 15.0. The number of para-hydroxylation sites is 2. The maximum absolute atomic E-state index is 3.64. The number of fused-ring (bicyclic) bond motifs is 4. The van der Waals surface area contributed by atoms with Crippen molar-refractivity contribution in [1.82, 2.24) is 4.57 Å². The third kappa shape index (κ3) is 4.13. The minimum atomic E-state index is 1.05. The van der Waals surface area contributed by atoms with Crippen LogP contribution in [0.5, 0.6) is 0 Å². The standard InChI is InChI=1S/C40H28N2/c1-2-11-28(12-3-1)34-19-8-13-30-14-9-20-35(40(30)34)29-23-25-31(26-24-29)41-32-15-10-16-33(27-32)42-38-21-6-4-17-36(38)37-18-5-7-22-39(37)42/h1-27,41H. The van der Waals surface area contributed by atoms with Crippen molar-refractivity contribution in [3.63, 3.8) is 0 Å². The lowest BCUT2D eigenvalue weighted by Crippen LogP contribution is -1.96. The molecule has 8 rings (SSSR count). The van der Waals surface area contributed by atoms with Crippen molar-refractivity contribution in [2.45, 2.75) is 0 Å². The van der Waals surface area contributed by atoms with Crippen LogP contribution in [0.3, 0.4) is 0 Å². The molecule has 1 heterocycles. The number of anilines is 2. The van der Waals surface area contributed by atoms with E-state index >= 15 is 0 Å². The molecular formula is C40H28N2. The van der Waals surface area contributed by atoms with Crippen molar-refractivity contribution in [3.05, 3.63) is 164 Å². The zero-order valence-corrected chi connectivity index (χ0v) is 23.0. The van der Waals surface area contributed by atoms with Crippen LogP contribution in [0.15, 0.2) is 164 Å². The smallest absolute Gasteiger partial charge is 0.0541 e. The Kier molecular flexibility index (Phi) is 5.82. The molecule has 0 radical (unpaired) electrons. The average Bonchev–Trinajstić information content (AvgIpc) is 3.40. The fraction of sp³-hybridized carbons (Fsp3) is 0. The minimum Gasteiger partial charge on any atom is -0.355 e. The van der Waals surface area contributed by atoms with E-state index in [4.69, 9.17) is 0 Å². The molecule has 0 aliphatic heterocycles. The van der Waals surface area contributed by atoms with Crippen molar-refractivity contribution in [2.24, 2.45) is 0 Å². The Bertz CT molecular complexity index is 2150. The number of nitrogens with zero attached hydrogens (tertiary/aromatic N) is 1. The van der Waals surface area contributed by atoms with E-state index in [1.165, 1.54) is 54.8 Å². The maximum Gasteiger partial charge on any atom is 0.0541 e. The third-order valence-electron chi connectivity index (χ3n) is 8.16. The highest BCUT2D eigenvalue weighted by Gasteiger charge is 2.12. The monoisotopic (exact) mass is 536 g/mol. The van der Waals surface area contributed by atoms with Gasteiger partial charge in [0.15, 0.2) is 0 Å². The summed E-state index contributed by atoms with van der Waals surface area (Å²) in [5.41, 5.74) is 10.6. The molecule has 198 valence electrons. The van der Waals surface area contributed by atoms with Crippen LogP contribution in [0, 0.1) is 0 Å². The summed E-state index contributed by atoms with van der Waals surface area (Å²) in [6, 6.07) is 58.5. The number of hydrogen-bond acceptors (Lipinski definition) is 1. The van der Waals surface area contributed by atoms with E-state index in [0.717, 1.165) is 17.1 Å². The highest BCUT2D eigenvalue weighted by molar-refractivity contribution is 6.09. The van der Waals surface area contributed by atoms with E-state index in [0.29, 0.717) is 0 Å². The Morgan fingerprint density at radius 1 is 0.405 bits per heavy atom. The molecule has 7 aromatic carbocycles. The molecule has 0 bridgehead atoms. The minimum absolute atomic E-state index is 1.05. The Hall–Kier alpha value is -5.60. The second kappa shape index (κ2) is 10.1. The van der Waals surface area contributed by atoms with Crippen molar-refractivity contribution in [3.8, 4) is 27.9 Å². The molecule has 0 aliphatic carbocycles. The fourth-order valence-electron chi connectivity index (χ4n) is 6.26. The van der Waals surface area contributed by atoms with Gasteiger partial charge in [0.1, 0.15) is 0 Å². The van der Waals surface area contributed by atoms with E-state index in [-0.39, 0.29) is 0 Å². The average molecular weight is 537 g/mol. The first kappa shape index (κ1) is 24.2. The first-order chi connectivity index (χ1) is 20.8. The lowest BCUT2D eigenvalue weighted by atomic mass is 9.91. The molecule has 42 heavy (non-hydrogen) atoms. The third-order valence-corrected chi connectivity index (χ3v) is 8.16. The van der Waals surface area contributed by atoms with Gasteiger partial charge < -0.3 is 9.88 Å². The zero-order valence-electron chi connectivity index (χ0n) is 23.0. The zero-order chi connectivity index (χ0) is 27.9. The Morgan fingerprint density at radius 3 is 1.64 bits per heavy atom. The van der Waals surface area contributed by atoms with E-state index in [2.05, 4.69) is 174 Å². The summed E-state index contributed by atoms with van der Waals surface area (Å²) in [7, 11) is 0. The largest absolute Gasteiger partial charge is 0.355 e. The second-order valence-corrected chi connectivity index (χ2v) is 10.7. The van der Waals surface area contributed by atoms with E-state index in [1.807, 2.05) is 0 Å². The van der Waals surface area contributed by atoms with Gasteiger partial charge in [-0.1, -0.05) is 121 Å². The van der Waals surface area contributed by atoms with Crippen LogP contribution < -0.4 is 5.32 Å². The van der Waals surface area contributed by atoms with Crippen LogP contribution in [0.1, 0.15) is 0 Å². The topological polar surface area (TPSA) is 17.0 Å². The van der Waals surface area contributed by atoms with Crippen molar-refractivity contribution < 1.29 is 0 Å². The molecule has 8 aromatic rings. The van der Waals surface area contributed by atoms with Crippen LogP contribution >= 0.6 is 0 Å². The van der Waals surface area contributed by atoms with Crippen LogP contribution in [-0.4, -0.2) is 4.57 Å². The summed E-state index contributed by atoms with van der Waals surface area (Å²) in [6.45, 7) is 0. The molecular weight excluding hydrogens is 508 g/mol. The van der Waals surface area contributed by atoms with Crippen LogP contribution in [-0.2, 0) is 0 Å². The molecule has 0 atom stereocenters. The summed E-state index contributed by atoms with van der Waals surface area (Å²) in [6.07, 6.45) is 0. The molecule has 0 unspecified atom stereocenters. The van der Waals surface area contributed by atoms with Gasteiger partial charge in [0.2, 0.25) is 0 Å². The van der Waals surface area contributed by atoms with E-state index in [9.17, 15) is 0 Å². The Morgan fingerprint density at radius 2 is 0.976 bits per heavy atom. The number of nitrogens with one attached hydrogen (secondary N) is 1. The number of rotatable bonds is 5. The summed E-state index contributed by atoms with van der Waals surface area (Å²) < 4.78 is 2.35. The van der Waals surface area contributed by atoms with Gasteiger partial charge in [0, 0.05) is 27.8 Å². The first-order valence-electron chi connectivity index (χ1n) is 14.4. The predicted octanol–water partition coefficient (Wildman–Crippen LogP) is 11.0. The van der Waals surface area contributed by atoms with E-state index < -0.39 is 0 Å². The van der Waals surface area contributed by atoms with Gasteiger partial charge in [-0.25, -0.2) is 0 Å². The van der Waals surface area contributed by atoms with Gasteiger partial charge in [0.05, 0.1) is 11.0 Å². The maximum atomic E-state index is 3.64. The first-order valence-corrected chi connectivity index (χ1v) is 14.4. The molecule has 0 saturated heterocycles. The summed E-state index contributed by atoms with van der Waals surface area (Å²) in [4.78, 5) is 0. The lowest BCUT2D eigenvalue weighted by Gasteiger charge is -2.14.